The molecule has 0 unspecified atom stereocenters. The van der Waals surface area contributed by atoms with Crippen molar-refractivity contribution in [3.63, 3.8) is 0 Å². The highest BCUT2D eigenvalue weighted by molar-refractivity contribution is 7.98. The molecule has 0 aliphatic rings. The van der Waals surface area contributed by atoms with Crippen LogP contribution in [0, 0.1) is 0 Å². The van der Waals surface area contributed by atoms with E-state index in [-0.39, 0.29) is 5.91 Å². The number of hydrogen-bond acceptors (Lipinski definition) is 5. The molecule has 1 amide bonds. The van der Waals surface area contributed by atoms with Gasteiger partial charge in [-0.25, -0.2) is 4.98 Å². The van der Waals surface area contributed by atoms with Gasteiger partial charge in [0, 0.05) is 29.9 Å². The number of thiazole rings is 1. The van der Waals surface area contributed by atoms with Gasteiger partial charge in [0.2, 0.25) is 0 Å². The van der Waals surface area contributed by atoms with Gasteiger partial charge in [0.1, 0.15) is 5.69 Å². The zero-order valence-corrected chi connectivity index (χ0v) is 15.5. The van der Waals surface area contributed by atoms with Gasteiger partial charge in [-0.2, -0.15) is 11.8 Å². The van der Waals surface area contributed by atoms with Gasteiger partial charge in [-0.3, -0.25) is 4.79 Å². The Morgan fingerprint density at radius 2 is 2.04 bits per heavy atom. The maximum absolute atomic E-state index is 12.1. The van der Waals surface area contributed by atoms with E-state index < -0.39 is 0 Å². The van der Waals surface area contributed by atoms with E-state index in [9.17, 15) is 4.79 Å². The summed E-state index contributed by atoms with van der Waals surface area (Å²) in [5.74, 6) is 1.70. The van der Waals surface area contributed by atoms with Crippen molar-refractivity contribution in [2.24, 2.45) is 5.73 Å². The molecule has 130 valence electrons. The Bertz CT molecular complexity index is 842. The molecule has 0 aliphatic heterocycles. The maximum atomic E-state index is 12.1. The molecule has 0 atom stereocenters. The van der Waals surface area contributed by atoms with Crippen LogP contribution in [0.25, 0.3) is 10.8 Å². The number of carbonyl (C=O) groups is 1. The van der Waals surface area contributed by atoms with Gasteiger partial charge in [-0.1, -0.05) is 42.5 Å². The molecule has 0 bridgehead atoms. The van der Waals surface area contributed by atoms with E-state index in [0.29, 0.717) is 18.8 Å². The van der Waals surface area contributed by atoms with Crippen LogP contribution in [0.1, 0.15) is 21.1 Å². The SMILES string of the molecule is NCCc1nc(C(=O)NCCSCc2cccc3ccccc23)cs1. The minimum atomic E-state index is -0.106. The van der Waals surface area contributed by atoms with Gasteiger partial charge in [0.25, 0.3) is 5.91 Å². The molecule has 4 nitrogen and oxygen atoms in total. The number of nitrogens with two attached hydrogens (primary N) is 1. The van der Waals surface area contributed by atoms with E-state index in [1.54, 1.807) is 5.38 Å². The van der Waals surface area contributed by atoms with Crippen LogP contribution in [0.2, 0.25) is 0 Å². The third-order valence-corrected chi connectivity index (χ3v) is 5.73. The molecule has 6 heteroatoms. The molecular weight excluding hydrogens is 350 g/mol. The average molecular weight is 372 g/mol. The number of fused-ring (bicyclic) bond motifs is 1. The van der Waals surface area contributed by atoms with Gasteiger partial charge in [0.05, 0.1) is 5.01 Å². The quantitative estimate of drug-likeness (QED) is 0.595. The summed E-state index contributed by atoms with van der Waals surface area (Å²) in [6.45, 7) is 1.19. The van der Waals surface area contributed by atoms with Crippen LogP contribution in [0.15, 0.2) is 47.8 Å². The highest BCUT2D eigenvalue weighted by Crippen LogP contribution is 2.22. The molecule has 0 radical (unpaired) electrons. The highest BCUT2D eigenvalue weighted by atomic mass is 32.2. The third kappa shape index (κ3) is 4.81. The van der Waals surface area contributed by atoms with E-state index in [1.807, 2.05) is 11.8 Å². The van der Waals surface area contributed by atoms with E-state index in [2.05, 4.69) is 52.8 Å². The molecule has 0 spiro atoms. The fourth-order valence-corrected chi connectivity index (χ4v) is 4.24. The highest BCUT2D eigenvalue weighted by Gasteiger charge is 2.09. The molecule has 1 aromatic heterocycles. The van der Waals surface area contributed by atoms with Gasteiger partial charge in [-0.15, -0.1) is 11.3 Å². The molecule has 0 fully saturated rings. The number of amides is 1. The molecular formula is C19H21N3OS2. The molecule has 25 heavy (non-hydrogen) atoms. The smallest absolute Gasteiger partial charge is 0.270 e. The lowest BCUT2D eigenvalue weighted by Gasteiger charge is -2.07. The first-order chi connectivity index (χ1) is 12.3. The van der Waals surface area contributed by atoms with Crippen molar-refractivity contribution in [2.75, 3.05) is 18.8 Å². The first-order valence-corrected chi connectivity index (χ1v) is 10.3. The lowest BCUT2D eigenvalue weighted by atomic mass is 10.1. The van der Waals surface area contributed by atoms with Gasteiger partial charge in [0.15, 0.2) is 0 Å². The summed E-state index contributed by atoms with van der Waals surface area (Å²) in [5.41, 5.74) is 7.33. The standard InChI is InChI=1S/C19H21N3OS2/c20-9-8-18-22-17(13-25-18)19(23)21-10-11-24-12-15-6-3-5-14-4-1-2-7-16(14)15/h1-7,13H,8-12,20H2,(H,21,23). The summed E-state index contributed by atoms with van der Waals surface area (Å²) in [5, 5.41) is 8.21. The van der Waals surface area contributed by atoms with Crippen molar-refractivity contribution in [1.82, 2.24) is 10.3 Å². The van der Waals surface area contributed by atoms with Crippen molar-refractivity contribution < 1.29 is 4.79 Å². The number of hydrogen-bond donors (Lipinski definition) is 2. The fourth-order valence-electron chi connectivity index (χ4n) is 2.58. The number of rotatable bonds is 8. The molecule has 2 aromatic carbocycles. The van der Waals surface area contributed by atoms with Crippen molar-refractivity contribution in [3.8, 4) is 0 Å². The fraction of sp³-hybridized carbons (Fsp3) is 0.263. The lowest BCUT2D eigenvalue weighted by molar-refractivity contribution is 0.0951. The first-order valence-electron chi connectivity index (χ1n) is 8.25. The van der Waals surface area contributed by atoms with Crippen LogP contribution in [0.4, 0.5) is 0 Å². The number of benzene rings is 2. The Hall–Kier alpha value is -1.89. The molecule has 1 heterocycles. The number of aromatic nitrogens is 1. The van der Waals surface area contributed by atoms with Crippen molar-refractivity contribution in [1.29, 1.82) is 0 Å². The average Bonchev–Trinajstić information content (AvgIpc) is 3.10. The first kappa shape index (κ1) is 17.9. The summed E-state index contributed by atoms with van der Waals surface area (Å²) >= 11 is 3.31. The van der Waals surface area contributed by atoms with Crippen LogP contribution in [0.3, 0.4) is 0 Å². The number of carbonyl (C=O) groups excluding carboxylic acids is 1. The van der Waals surface area contributed by atoms with Crippen LogP contribution in [-0.4, -0.2) is 29.7 Å². The topological polar surface area (TPSA) is 68.0 Å². The van der Waals surface area contributed by atoms with E-state index >= 15 is 0 Å². The summed E-state index contributed by atoms with van der Waals surface area (Å²) < 4.78 is 0. The Labute approximate surface area is 155 Å². The van der Waals surface area contributed by atoms with Crippen molar-refractivity contribution in [3.05, 3.63) is 64.1 Å². The Kier molecular flexibility index (Phi) is 6.44. The number of thioether (sulfide) groups is 1. The summed E-state index contributed by atoms with van der Waals surface area (Å²) in [4.78, 5) is 16.4. The molecule has 3 N–H and O–H groups in total. The Morgan fingerprint density at radius 3 is 2.92 bits per heavy atom. The maximum Gasteiger partial charge on any atom is 0.270 e. The minimum absolute atomic E-state index is 0.106. The van der Waals surface area contributed by atoms with Gasteiger partial charge < -0.3 is 11.1 Å². The Morgan fingerprint density at radius 1 is 1.20 bits per heavy atom. The molecule has 0 saturated carbocycles. The van der Waals surface area contributed by atoms with E-state index in [4.69, 9.17) is 5.73 Å². The second-order valence-electron chi connectivity index (χ2n) is 5.61. The van der Waals surface area contributed by atoms with Crippen LogP contribution in [0.5, 0.6) is 0 Å². The summed E-state index contributed by atoms with van der Waals surface area (Å²) in [6.07, 6.45) is 0.721. The zero-order chi connectivity index (χ0) is 17.5. The minimum Gasteiger partial charge on any atom is -0.350 e. The third-order valence-electron chi connectivity index (χ3n) is 3.81. The normalized spacial score (nSPS) is 10.9. The lowest BCUT2D eigenvalue weighted by Crippen LogP contribution is -2.26. The molecule has 0 aliphatic carbocycles. The second-order valence-corrected chi connectivity index (χ2v) is 7.66. The summed E-state index contributed by atoms with van der Waals surface area (Å²) in [7, 11) is 0. The van der Waals surface area contributed by atoms with Crippen LogP contribution in [-0.2, 0) is 12.2 Å². The number of nitrogens with zero attached hydrogens (tertiary/aromatic N) is 1. The van der Waals surface area contributed by atoms with Gasteiger partial charge in [-0.05, 0) is 22.9 Å². The molecule has 3 rings (SSSR count). The monoisotopic (exact) mass is 371 g/mol. The van der Waals surface area contributed by atoms with Crippen LogP contribution >= 0.6 is 23.1 Å². The van der Waals surface area contributed by atoms with Crippen LogP contribution < -0.4 is 11.1 Å². The molecule has 0 saturated heterocycles. The zero-order valence-electron chi connectivity index (χ0n) is 13.9. The second kappa shape index (κ2) is 8.99. The largest absolute Gasteiger partial charge is 0.350 e. The van der Waals surface area contributed by atoms with Crippen molar-refractivity contribution >= 4 is 39.8 Å². The molecule has 3 aromatic rings. The Balaban J connectivity index is 1.44. The summed E-state index contributed by atoms with van der Waals surface area (Å²) in [6, 6.07) is 14.8. The predicted octanol–water partition coefficient (Wildman–Crippen LogP) is 3.46. The van der Waals surface area contributed by atoms with E-state index in [0.717, 1.165) is 22.9 Å². The van der Waals surface area contributed by atoms with Crippen molar-refractivity contribution in [2.45, 2.75) is 12.2 Å². The van der Waals surface area contributed by atoms with Gasteiger partial charge >= 0.3 is 0 Å². The number of nitrogens with one attached hydrogen (secondary N) is 1. The predicted molar refractivity (Wildman–Crippen MR) is 107 cm³/mol. The van der Waals surface area contributed by atoms with E-state index in [1.165, 1.54) is 27.7 Å².